The van der Waals surface area contributed by atoms with Gasteiger partial charge in [0.1, 0.15) is 6.61 Å². The summed E-state index contributed by atoms with van der Waals surface area (Å²) in [6.07, 6.45) is -4.94. The largest absolute Gasteiger partial charge is 0.852 e. The second-order valence-corrected chi connectivity index (χ2v) is 12.3. The maximum absolute atomic E-state index is 14.9. The third-order valence-electron chi connectivity index (χ3n) is 9.63. The first-order valence-corrected chi connectivity index (χ1v) is 14.6. The number of benzene rings is 1. The van der Waals surface area contributed by atoms with Gasteiger partial charge >= 0.3 is 17.9 Å². The van der Waals surface area contributed by atoms with Gasteiger partial charge in [-0.3, -0.25) is 14.4 Å². The standard InChI is InChI=1S/C32H41O11/c1-17-11-12-22(36)18(2)26(17)27(42-20(4)35)29(38)31(5)24(37)13-25-32(16-41-25,15-40-19(3)34)28(31)23(14-33)43-30(39)21-9-7-6-8-10-21/h6-10,17,22-25,27-28,36-37H,11-16H2,1-5H3/q-1/t17?,22-,23+,24-,25?,27?,28-,31?,32?/m0/s1. The van der Waals surface area contributed by atoms with Gasteiger partial charge in [-0.25, -0.2) is 4.79 Å². The Bertz CT molecular complexity index is 1260. The zero-order chi connectivity index (χ0) is 31.7. The summed E-state index contributed by atoms with van der Waals surface area (Å²) in [5, 5.41) is 35.3. The summed E-state index contributed by atoms with van der Waals surface area (Å²) in [4.78, 5) is 52.4. The number of carbonyl (C=O) groups is 4. The van der Waals surface area contributed by atoms with Crippen LogP contribution in [0.1, 0.15) is 64.2 Å². The fourth-order valence-electron chi connectivity index (χ4n) is 7.31. The van der Waals surface area contributed by atoms with Crippen LogP contribution >= 0.6 is 0 Å². The average molecular weight is 602 g/mol. The van der Waals surface area contributed by atoms with Crippen LogP contribution < -0.4 is 5.11 Å². The molecule has 3 aliphatic rings. The lowest BCUT2D eigenvalue weighted by atomic mass is 9.47. The van der Waals surface area contributed by atoms with Gasteiger partial charge in [0, 0.05) is 26.2 Å². The summed E-state index contributed by atoms with van der Waals surface area (Å²) >= 11 is 0. The fourth-order valence-corrected chi connectivity index (χ4v) is 7.31. The van der Waals surface area contributed by atoms with Crippen molar-refractivity contribution in [2.24, 2.45) is 22.7 Å². The van der Waals surface area contributed by atoms with Crippen molar-refractivity contribution < 1.29 is 53.4 Å². The minimum absolute atomic E-state index is 0.0281. The van der Waals surface area contributed by atoms with Crippen molar-refractivity contribution in [3.8, 4) is 0 Å². The molecule has 236 valence electrons. The van der Waals surface area contributed by atoms with E-state index < -0.39 is 77.6 Å². The molecule has 11 nitrogen and oxygen atoms in total. The lowest BCUT2D eigenvalue weighted by molar-refractivity contribution is -0.400. The maximum atomic E-state index is 14.9. The van der Waals surface area contributed by atoms with Gasteiger partial charge in [-0.05, 0) is 55.9 Å². The molecule has 0 bridgehead atoms. The van der Waals surface area contributed by atoms with Gasteiger partial charge in [-0.2, -0.15) is 0 Å². The summed E-state index contributed by atoms with van der Waals surface area (Å²) in [7, 11) is 0. The van der Waals surface area contributed by atoms with Gasteiger partial charge in [-0.15, -0.1) is 6.61 Å². The number of rotatable bonds is 10. The van der Waals surface area contributed by atoms with Crippen molar-refractivity contribution in [3.05, 3.63) is 47.0 Å². The third kappa shape index (κ3) is 6.00. The van der Waals surface area contributed by atoms with E-state index in [0.29, 0.717) is 24.0 Å². The summed E-state index contributed by atoms with van der Waals surface area (Å²) in [6.45, 7) is 6.16. The minimum Gasteiger partial charge on any atom is -0.852 e. The molecule has 1 aromatic carbocycles. The predicted molar refractivity (Wildman–Crippen MR) is 149 cm³/mol. The van der Waals surface area contributed by atoms with Crippen LogP contribution in [0, 0.1) is 22.7 Å². The summed E-state index contributed by atoms with van der Waals surface area (Å²) < 4.78 is 22.7. The quantitative estimate of drug-likeness (QED) is 0.227. The first kappa shape index (κ1) is 32.8. The highest BCUT2D eigenvalue weighted by Crippen LogP contribution is 2.60. The maximum Gasteiger partial charge on any atom is 0.338 e. The Balaban J connectivity index is 1.87. The van der Waals surface area contributed by atoms with E-state index >= 15 is 0 Å². The second-order valence-electron chi connectivity index (χ2n) is 12.3. The molecule has 11 heteroatoms. The Morgan fingerprint density at radius 3 is 2.30 bits per heavy atom. The number of Topliss-reactive ketones (excluding diaryl/α,β-unsaturated/α-hetero) is 1. The van der Waals surface area contributed by atoms with Crippen LogP contribution in [0.4, 0.5) is 0 Å². The first-order valence-electron chi connectivity index (χ1n) is 14.6. The zero-order valence-corrected chi connectivity index (χ0v) is 25.2. The molecule has 1 saturated heterocycles. The van der Waals surface area contributed by atoms with Crippen molar-refractivity contribution in [1.82, 2.24) is 0 Å². The highest BCUT2D eigenvalue weighted by molar-refractivity contribution is 5.94. The van der Waals surface area contributed by atoms with Gasteiger partial charge in [0.2, 0.25) is 0 Å². The Morgan fingerprint density at radius 1 is 1.07 bits per heavy atom. The van der Waals surface area contributed by atoms with E-state index in [9.17, 15) is 34.5 Å². The van der Waals surface area contributed by atoms with Crippen molar-refractivity contribution >= 4 is 23.7 Å². The fraction of sp³-hybridized carbons (Fsp3) is 0.625. The molecule has 5 unspecified atom stereocenters. The van der Waals surface area contributed by atoms with E-state index in [1.165, 1.54) is 26.0 Å². The highest BCUT2D eigenvalue weighted by Gasteiger charge is 2.70. The van der Waals surface area contributed by atoms with Gasteiger partial charge in [0.25, 0.3) is 0 Å². The monoisotopic (exact) mass is 601 g/mol. The Labute approximate surface area is 251 Å². The van der Waals surface area contributed by atoms with Gasteiger partial charge in [0.15, 0.2) is 11.9 Å². The Morgan fingerprint density at radius 2 is 1.74 bits per heavy atom. The third-order valence-corrected chi connectivity index (χ3v) is 9.63. The van der Waals surface area contributed by atoms with E-state index in [1.807, 2.05) is 6.92 Å². The van der Waals surface area contributed by atoms with Crippen molar-refractivity contribution in [3.63, 3.8) is 0 Å². The van der Waals surface area contributed by atoms with Crippen LogP contribution in [-0.4, -0.2) is 84.2 Å². The average Bonchev–Trinajstić information content (AvgIpc) is 2.96. The molecule has 0 amide bonds. The Kier molecular flexibility index (Phi) is 9.80. The van der Waals surface area contributed by atoms with E-state index in [1.54, 1.807) is 25.1 Å². The number of ether oxygens (including phenoxy) is 4. The molecule has 2 fully saturated rings. The van der Waals surface area contributed by atoms with E-state index in [4.69, 9.17) is 18.9 Å². The molecule has 1 heterocycles. The summed E-state index contributed by atoms with van der Waals surface area (Å²) in [6, 6.07) is 8.04. The number of ketones is 1. The highest BCUT2D eigenvalue weighted by atomic mass is 16.6. The number of esters is 3. The topological polar surface area (TPSA) is 169 Å². The summed E-state index contributed by atoms with van der Waals surface area (Å²) in [5.74, 6) is -4.26. The molecule has 0 radical (unpaired) electrons. The number of hydrogen-bond acceptors (Lipinski definition) is 11. The number of aliphatic hydroxyl groups is 2. The second kappa shape index (κ2) is 12.9. The normalized spacial score (nSPS) is 33.3. The Hall–Kier alpha value is -3.12. The molecule has 1 aromatic rings. The van der Waals surface area contributed by atoms with Crippen LogP contribution in [0.3, 0.4) is 0 Å². The first-order chi connectivity index (χ1) is 20.3. The van der Waals surface area contributed by atoms with Crippen molar-refractivity contribution in [2.45, 2.75) is 84.4 Å². The molecule has 0 spiro atoms. The molecule has 43 heavy (non-hydrogen) atoms. The lowest BCUT2D eigenvalue weighted by Crippen LogP contribution is -2.74. The molecular weight excluding hydrogens is 560 g/mol. The predicted octanol–water partition coefficient (Wildman–Crippen LogP) is 1.52. The molecule has 2 aliphatic carbocycles. The molecule has 2 N–H and O–H groups in total. The number of carbonyl (C=O) groups excluding carboxylic acids is 4. The molecular formula is C32H41O11-. The smallest absolute Gasteiger partial charge is 0.338 e. The van der Waals surface area contributed by atoms with Gasteiger partial charge in [-0.1, -0.05) is 25.1 Å². The van der Waals surface area contributed by atoms with Crippen molar-refractivity contribution in [2.75, 3.05) is 19.8 Å². The SMILES string of the molecule is CC(=O)OCC12COC1C[C@H](O)C(C)(C(=O)C(OC(C)=O)C1=C(C)[C@@H](O)CCC1C)[C@@H]2[C@@H](C[O-])OC(=O)c1ccccc1. The van der Waals surface area contributed by atoms with Gasteiger partial charge < -0.3 is 34.3 Å². The van der Waals surface area contributed by atoms with Crippen LogP contribution in [0.5, 0.6) is 0 Å². The lowest BCUT2D eigenvalue weighted by Gasteiger charge is -2.64. The van der Waals surface area contributed by atoms with Crippen LogP contribution in [0.15, 0.2) is 41.5 Å². The molecule has 4 rings (SSSR count). The molecule has 1 saturated carbocycles. The number of aliphatic hydroxyl groups excluding tert-OH is 2. The van der Waals surface area contributed by atoms with E-state index in [0.717, 1.165) is 6.92 Å². The van der Waals surface area contributed by atoms with Crippen molar-refractivity contribution in [1.29, 1.82) is 0 Å². The molecule has 1 aliphatic heterocycles. The number of hydrogen-bond donors (Lipinski definition) is 2. The van der Waals surface area contributed by atoms with Crippen LogP contribution in [-0.2, 0) is 33.3 Å². The number of fused-ring (bicyclic) bond motifs is 1. The van der Waals surface area contributed by atoms with E-state index in [-0.39, 0.29) is 31.1 Å². The molecule has 0 aromatic heterocycles. The van der Waals surface area contributed by atoms with E-state index in [2.05, 4.69) is 0 Å². The van der Waals surface area contributed by atoms with Gasteiger partial charge in [0.05, 0.1) is 47.4 Å². The van der Waals surface area contributed by atoms with Crippen LogP contribution in [0.2, 0.25) is 0 Å². The minimum atomic E-state index is -1.83. The summed E-state index contributed by atoms with van der Waals surface area (Å²) in [5.41, 5.74) is -1.87. The zero-order valence-electron chi connectivity index (χ0n) is 25.2. The van der Waals surface area contributed by atoms with Crippen LogP contribution in [0.25, 0.3) is 0 Å². The molecule has 9 atom stereocenters.